The largest absolute Gasteiger partial charge is 0.393 e. The van der Waals surface area contributed by atoms with E-state index in [2.05, 4.69) is 15.9 Å². The minimum absolute atomic E-state index is 0.0648. The lowest BCUT2D eigenvalue weighted by Gasteiger charge is -2.25. The molecule has 0 aliphatic heterocycles. The van der Waals surface area contributed by atoms with E-state index >= 15 is 0 Å². The molecule has 0 spiro atoms. The molecule has 18 heavy (non-hydrogen) atoms. The second-order valence-electron chi connectivity index (χ2n) is 4.04. The van der Waals surface area contributed by atoms with Crippen molar-refractivity contribution in [3.05, 3.63) is 33.3 Å². The van der Waals surface area contributed by atoms with Crippen LogP contribution in [0.15, 0.2) is 22.7 Å². The van der Waals surface area contributed by atoms with E-state index in [9.17, 15) is 4.79 Å². The maximum atomic E-state index is 12.3. The summed E-state index contributed by atoms with van der Waals surface area (Å²) in [4.78, 5) is 14.3. The zero-order valence-electron chi connectivity index (χ0n) is 10.1. The molecule has 1 rings (SSSR count). The van der Waals surface area contributed by atoms with Crippen LogP contribution in [0.4, 0.5) is 0 Å². The van der Waals surface area contributed by atoms with Gasteiger partial charge >= 0.3 is 0 Å². The summed E-state index contributed by atoms with van der Waals surface area (Å²) >= 11 is 14.2. The number of benzene rings is 1. The van der Waals surface area contributed by atoms with Crippen molar-refractivity contribution < 1.29 is 4.79 Å². The summed E-state index contributed by atoms with van der Waals surface area (Å²) < 4.78 is 0.699. The Balaban J connectivity index is 2.93. The number of halogens is 2. The Morgan fingerprint density at radius 1 is 1.61 bits per heavy atom. The van der Waals surface area contributed by atoms with Gasteiger partial charge in [0.1, 0.15) is 0 Å². The Bertz CT molecular complexity index is 481. The summed E-state index contributed by atoms with van der Waals surface area (Å²) in [6, 6.07) is 5.19. The molecule has 0 aliphatic carbocycles. The van der Waals surface area contributed by atoms with Crippen LogP contribution in [0.2, 0.25) is 5.02 Å². The highest BCUT2D eigenvalue weighted by molar-refractivity contribution is 9.10. The lowest BCUT2D eigenvalue weighted by atomic mass is 10.1. The number of thiocarbonyl (C=S) groups is 1. The van der Waals surface area contributed by atoms with Crippen LogP contribution in [0.3, 0.4) is 0 Å². The number of nitrogens with zero attached hydrogens (tertiary/aromatic N) is 1. The average Bonchev–Trinajstić information content (AvgIpc) is 2.30. The van der Waals surface area contributed by atoms with Gasteiger partial charge < -0.3 is 10.6 Å². The fourth-order valence-corrected chi connectivity index (χ4v) is 2.30. The van der Waals surface area contributed by atoms with Gasteiger partial charge in [-0.2, -0.15) is 0 Å². The van der Waals surface area contributed by atoms with Gasteiger partial charge in [-0.1, -0.05) is 29.9 Å². The highest BCUT2D eigenvalue weighted by Crippen LogP contribution is 2.27. The van der Waals surface area contributed by atoms with Gasteiger partial charge in [-0.3, -0.25) is 4.79 Å². The first kappa shape index (κ1) is 15.4. The Morgan fingerprint density at radius 2 is 2.22 bits per heavy atom. The number of amides is 1. The first-order valence-electron chi connectivity index (χ1n) is 5.34. The van der Waals surface area contributed by atoms with Crippen molar-refractivity contribution >= 4 is 50.6 Å². The summed E-state index contributed by atoms with van der Waals surface area (Å²) in [7, 11) is 1.71. The minimum atomic E-state index is -0.148. The van der Waals surface area contributed by atoms with Crippen LogP contribution < -0.4 is 5.73 Å². The van der Waals surface area contributed by atoms with Gasteiger partial charge in [-0.25, -0.2) is 0 Å². The highest BCUT2D eigenvalue weighted by atomic mass is 79.9. The minimum Gasteiger partial charge on any atom is -0.393 e. The monoisotopic (exact) mass is 348 g/mol. The summed E-state index contributed by atoms with van der Waals surface area (Å²) in [5.41, 5.74) is 5.95. The van der Waals surface area contributed by atoms with Crippen molar-refractivity contribution in [3.63, 3.8) is 0 Å². The SMILES string of the molecule is CC(CC(N)=S)N(C)C(=O)c1cccc(Br)c1Cl. The van der Waals surface area contributed by atoms with Crippen molar-refractivity contribution in [2.45, 2.75) is 19.4 Å². The van der Waals surface area contributed by atoms with E-state index in [0.29, 0.717) is 26.5 Å². The van der Waals surface area contributed by atoms with Crippen LogP contribution in [0, 0.1) is 0 Å². The summed E-state index contributed by atoms with van der Waals surface area (Å²) in [5.74, 6) is -0.148. The van der Waals surface area contributed by atoms with Crippen LogP contribution >= 0.6 is 39.7 Å². The Kier molecular flexibility index (Phi) is 5.56. The van der Waals surface area contributed by atoms with E-state index < -0.39 is 0 Å². The zero-order valence-corrected chi connectivity index (χ0v) is 13.3. The van der Waals surface area contributed by atoms with E-state index in [1.807, 2.05) is 6.92 Å². The van der Waals surface area contributed by atoms with Crippen LogP contribution in [0.25, 0.3) is 0 Å². The Hall–Kier alpha value is -0.650. The van der Waals surface area contributed by atoms with Crippen molar-refractivity contribution in [3.8, 4) is 0 Å². The van der Waals surface area contributed by atoms with E-state index in [1.165, 1.54) is 0 Å². The third-order valence-electron chi connectivity index (χ3n) is 2.66. The molecule has 1 unspecified atom stereocenters. The molecule has 1 aromatic rings. The third-order valence-corrected chi connectivity index (χ3v) is 4.12. The van der Waals surface area contributed by atoms with E-state index in [1.54, 1.807) is 30.1 Å². The van der Waals surface area contributed by atoms with Crippen molar-refractivity contribution in [2.75, 3.05) is 7.05 Å². The second kappa shape index (κ2) is 6.50. The lowest BCUT2D eigenvalue weighted by molar-refractivity contribution is 0.0748. The molecule has 6 heteroatoms. The maximum Gasteiger partial charge on any atom is 0.255 e. The number of hydrogen-bond acceptors (Lipinski definition) is 2. The van der Waals surface area contributed by atoms with E-state index in [4.69, 9.17) is 29.6 Å². The first-order chi connectivity index (χ1) is 8.34. The molecule has 1 atom stereocenters. The number of hydrogen-bond donors (Lipinski definition) is 1. The topological polar surface area (TPSA) is 46.3 Å². The molecule has 2 N–H and O–H groups in total. The molecule has 0 radical (unpaired) electrons. The van der Waals surface area contributed by atoms with Crippen LogP contribution in [0.5, 0.6) is 0 Å². The second-order valence-corrected chi connectivity index (χ2v) is 5.79. The smallest absolute Gasteiger partial charge is 0.255 e. The predicted octanol–water partition coefficient (Wildman–Crippen LogP) is 3.24. The molecule has 0 heterocycles. The van der Waals surface area contributed by atoms with Gasteiger partial charge in [0.25, 0.3) is 5.91 Å². The van der Waals surface area contributed by atoms with E-state index in [-0.39, 0.29) is 11.9 Å². The maximum absolute atomic E-state index is 12.3. The van der Waals surface area contributed by atoms with Gasteiger partial charge in [0.15, 0.2) is 0 Å². The van der Waals surface area contributed by atoms with Gasteiger partial charge in [-0.05, 0) is 35.0 Å². The Labute approximate surface area is 125 Å². The average molecular weight is 350 g/mol. The molecule has 0 aromatic heterocycles. The van der Waals surface area contributed by atoms with Gasteiger partial charge in [-0.15, -0.1) is 0 Å². The molecule has 0 saturated carbocycles. The molecular formula is C12H14BrClN2OS. The molecule has 0 bridgehead atoms. The number of carbonyl (C=O) groups excluding carboxylic acids is 1. The predicted molar refractivity (Wildman–Crippen MR) is 82.1 cm³/mol. The van der Waals surface area contributed by atoms with Crippen molar-refractivity contribution in [1.29, 1.82) is 0 Å². The van der Waals surface area contributed by atoms with Crippen molar-refractivity contribution in [2.24, 2.45) is 5.73 Å². The summed E-state index contributed by atoms with van der Waals surface area (Å²) in [6.07, 6.45) is 0.489. The fraction of sp³-hybridized carbons (Fsp3) is 0.333. The molecule has 0 fully saturated rings. The molecule has 0 saturated heterocycles. The summed E-state index contributed by atoms with van der Waals surface area (Å²) in [6.45, 7) is 1.89. The fourth-order valence-electron chi connectivity index (χ4n) is 1.49. The van der Waals surface area contributed by atoms with E-state index in [0.717, 1.165) is 0 Å². The van der Waals surface area contributed by atoms with Crippen molar-refractivity contribution in [1.82, 2.24) is 4.90 Å². The molecule has 98 valence electrons. The van der Waals surface area contributed by atoms with Crippen LogP contribution in [0.1, 0.15) is 23.7 Å². The van der Waals surface area contributed by atoms with Gasteiger partial charge in [0.2, 0.25) is 0 Å². The summed E-state index contributed by atoms with van der Waals surface area (Å²) in [5, 5.41) is 0.414. The quantitative estimate of drug-likeness (QED) is 0.849. The van der Waals surface area contributed by atoms with Gasteiger partial charge in [0, 0.05) is 24.0 Å². The third kappa shape index (κ3) is 3.67. The first-order valence-corrected chi connectivity index (χ1v) is 6.92. The Morgan fingerprint density at radius 3 is 2.78 bits per heavy atom. The normalized spacial score (nSPS) is 12.0. The molecule has 1 amide bonds. The van der Waals surface area contributed by atoms with Crippen LogP contribution in [-0.4, -0.2) is 28.9 Å². The number of rotatable bonds is 4. The zero-order chi connectivity index (χ0) is 13.9. The molecule has 0 aliphatic rings. The number of nitrogens with two attached hydrogens (primary N) is 1. The standard InChI is InChI=1S/C12H14BrClN2OS/c1-7(6-10(15)18)16(2)12(17)8-4-3-5-9(13)11(8)14/h3-5,7H,6H2,1-2H3,(H2,15,18). The molecule has 1 aromatic carbocycles. The lowest BCUT2D eigenvalue weighted by Crippen LogP contribution is -2.37. The van der Waals surface area contributed by atoms with Crippen LogP contribution in [-0.2, 0) is 0 Å². The molecular weight excluding hydrogens is 336 g/mol. The molecule has 3 nitrogen and oxygen atoms in total. The van der Waals surface area contributed by atoms with Gasteiger partial charge in [0.05, 0.1) is 15.6 Å². The number of carbonyl (C=O) groups is 1. The highest BCUT2D eigenvalue weighted by Gasteiger charge is 2.20.